The molecule has 4 rings (SSSR count). The summed E-state index contributed by atoms with van der Waals surface area (Å²) in [5.41, 5.74) is 1.22. The van der Waals surface area contributed by atoms with Crippen molar-refractivity contribution < 1.29 is 18.0 Å². The molecule has 0 aromatic heterocycles. The van der Waals surface area contributed by atoms with Gasteiger partial charge in [-0.2, -0.15) is 13.2 Å². The highest BCUT2D eigenvalue weighted by Gasteiger charge is 2.35. The zero-order valence-corrected chi connectivity index (χ0v) is 16.1. The third-order valence-electron chi connectivity index (χ3n) is 6.49. The van der Waals surface area contributed by atoms with Crippen LogP contribution in [0.3, 0.4) is 0 Å². The van der Waals surface area contributed by atoms with E-state index in [2.05, 4.69) is 10.2 Å². The van der Waals surface area contributed by atoms with E-state index >= 15 is 0 Å². The summed E-state index contributed by atoms with van der Waals surface area (Å²) in [6.07, 6.45) is 0.789. The van der Waals surface area contributed by atoms with Crippen molar-refractivity contribution in [2.45, 2.75) is 56.7 Å². The number of alkyl halides is 3. The molecule has 3 heterocycles. The molecule has 0 radical (unpaired) electrons. The number of carbonyl (C=O) groups is 1. The molecule has 0 unspecified atom stereocenters. The molecular formula is C21H28F3N3O. The van der Waals surface area contributed by atoms with Crippen LogP contribution in [0.5, 0.6) is 0 Å². The molecule has 0 saturated carbocycles. The SMILES string of the molecule is O=C1CCCN1C1CCN(c2cc(C(F)(F)F)ccc2C2CCNCC2)CC1. The lowest BCUT2D eigenvalue weighted by molar-refractivity contribution is -0.137. The molecule has 3 aliphatic rings. The van der Waals surface area contributed by atoms with Gasteiger partial charge >= 0.3 is 6.18 Å². The van der Waals surface area contributed by atoms with Gasteiger partial charge in [0.05, 0.1) is 5.56 Å². The number of anilines is 1. The number of hydrogen-bond donors (Lipinski definition) is 1. The largest absolute Gasteiger partial charge is 0.416 e. The number of benzene rings is 1. The number of hydrogen-bond acceptors (Lipinski definition) is 3. The molecule has 1 aromatic carbocycles. The Morgan fingerprint density at radius 2 is 1.71 bits per heavy atom. The standard InChI is InChI=1S/C21H28F3N3O/c22-21(23,24)16-3-4-18(15-5-9-25-10-6-15)19(14-16)26-12-7-17(8-13-26)27-11-1-2-20(27)28/h3-4,14-15,17,25H,1-2,5-13H2. The summed E-state index contributed by atoms with van der Waals surface area (Å²) in [7, 11) is 0. The van der Waals surface area contributed by atoms with Gasteiger partial charge in [0.25, 0.3) is 0 Å². The van der Waals surface area contributed by atoms with Crippen molar-refractivity contribution in [2.75, 3.05) is 37.6 Å². The lowest BCUT2D eigenvalue weighted by atomic mass is 9.87. The third kappa shape index (κ3) is 4.00. The van der Waals surface area contributed by atoms with Crippen LogP contribution in [0.15, 0.2) is 18.2 Å². The molecule has 3 aliphatic heterocycles. The second-order valence-corrected chi connectivity index (χ2v) is 8.20. The average Bonchev–Trinajstić information content (AvgIpc) is 3.13. The Balaban J connectivity index is 1.55. The topological polar surface area (TPSA) is 35.6 Å². The monoisotopic (exact) mass is 395 g/mol. The van der Waals surface area contributed by atoms with Crippen molar-refractivity contribution in [1.29, 1.82) is 0 Å². The van der Waals surface area contributed by atoms with Crippen molar-refractivity contribution in [3.63, 3.8) is 0 Å². The van der Waals surface area contributed by atoms with E-state index in [0.29, 0.717) is 25.4 Å². The predicted molar refractivity (Wildman–Crippen MR) is 102 cm³/mol. The Bertz CT molecular complexity index is 707. The maximum Gasteiger partial charge on any atom is 0.416 e. The van der Waals surface area contributed by atoms with E-state index in [1.54, 1.807) is 6.07 Å². The molecule has 0 aliphatic carbocycles. The molecule has 7 heteroatoms. The highest BCUT2D eigenvalue weighted by Crippen LogP contribution is 2.39. The van der Waals surface area contributed by atoms with Gasteiger partial charge < -0.3 is 15.1 Å². The van der Waals surface area contributed by atoms with Gasteiger partial charge in [-0.25, -0.2) is 0 Å². The van der Waals surface area contributed by atoms with Crippen LogP contribution < -0.4 is 10.2 Å². The van der Waals surface area contributed by atoms with Crippen LogP contribution in [0, 0.1) is 0 Å². The molecule has 3 saturated heterocycles. The zero-order chi connectivity index (χ0) is 19.7. The van der Waals surface area contributed by atoms with E-state index in [4.69, 9.17) is 0 Å². The molecule has 0 bridgehead atoms. The van der Waals surface area contributed by atoms with Gasteiger partial charge in [0.15, 0.2) is 0 Å². The van der Waals surface area contributed by atoms with Crippen LogP contribution in [0.2, 0.25) is 0 Å². The highest BCUT2D eigenvalue weighted by molar-refractivity contribution is 5.78. The van der Waals surface area contributed by atoms with Gasteiger partial charge in [-0.15, -0.1) is 0 Å². The van der Waals surface area contributed by atoms with Gasteiger partial charge in [0, 0.05) is 37.8 Å². The number of likely N-dealkylation sites (tertiary alicyclic amines) is 1. The first kappa shape index (κ1) is 19.6. The summed E-state index contributed by atoms with van der Waals surface area (Å²) >= 11 is 0. The summed E-state index contributed by atoms with van der Waals surface area (Å²) in [5, 5.41) is 3.33. The fourth-order valence-corrected chi connectivity index (χ4v) is 4.95. The lowest BCUT2D eigenvalue weighted by Gasteiger charge is -2.39. The molecule has 1 N–H and O–H groups in total. The minimum absolute atomic E-state index is 0.230. The maximum atomic E-state index is 13.3. The Morgan fingerprint density at radius 3 is 2.32 bits per heavy atom. The number of carbonyl (C=O) groups excluding carboxylic acids is 1. The number of nitrogens with one attached hydrogen (secondary N) is 1. The molecule has 154 valence electrons. The molecule has 28 heavy (non-hydrogen) atoms. The van der Waals surface area contributed by atoms with E-state index in [1.165, 1.54) is 12.1 Å². The van der Waals surface area contributed by atoms with Crippen molar-refractivity contribution in [3.8, 4) is 0 Å². The van der Waals surface area contributed by atoms with Gasteiger partial charge in [-0.05, 0) is 68.8 Å². The molecule has 1 amide bonds. The molecular weight excluding hydrogens is 367 g/mol. The Hall–Kier alpha value is -1.76. The Morgan fingerprint density at radius 1 is 1.00 bits per heavy atom. The van der Waals surface area contributed by atoms with Crippen LogP contribution in [0.4, 0.5) is 18.9 Å². The van der Waals surface area contributed by atoms with E-state index in [-0.39, 0.29) is 11.9 Å². The van der Waals surface area contributed by atoms with Crippen molar-refractivity contribution in [1.82, 2.24) is 10.2 Å². The Kier molecular flexibility index (Phi) is 5.54. The number of piperidine rings is 2. The van der Waals surface area contributed by atoms with Gasteiger partial charge in [0.2, 0.25) is 5.91 Å². The van der Waals surface area contributed by atoms with Crippen LogP contribution in [0.1, 0.15) is 55.6 Å². The highest BCUT2D eigenvalue weighted by atomic mass is 19.4. The lowest BCUT2D eigenvalue weighted by Crippen LogP contribution is -2.45. The van der Waals surface area contributed by atoms with Crippen molar-refractivity contribution in [2.24, 2.45) is 0 Å². The molecule has 0 spiro atoms. The second-order valence-electron chi connectivity index (χ2n) is 8.20. The summed E-state index contributed by atoms with van der Waals surface area (Å²) in [6, 6.07) is 4.51. The first-order valence-corrected chi connectivity index (χ1v) is 10.4. The van der Waals surface area contributed by atoms with Crippen molar-refractivity contribution >= 4 is 11.6 Å². The van der Waals surface area contributed by atoms with Crippen molar-refractivity contribution in [3.05, 3.63) is 29.3 Å². The quantitative estimate of drug-likeness (QED) is 0.847. The van der Waals surface area contributed by atoms with Gasteiger partial charge in [0.1, 0.15) is 0 Å². The summed E-state index contributed by atoms with van der Waals surface area (Å²) in [6.45, 7) is 4.05. The minimum Gasteiger partial charge on any atom is -0.371 e. The van der Waals surface area contributed by atoms with Crippen LogP contribution >= 0.6 is 0 Å². The Labute approximate surface area is 164 Å². The van der Waals surface area contributed by atoms with E-state index < -0.39 is 11.7 Å². The number of halogens is 3. The minimum atomic E-state index is -4.33. The van der Waals surface area contributed by atoms with Gasteiger partial charge in [-0.1, -0.05) is 6.07 Å². The molecule has 4 nitrogen and oxygen atoms in total. The fourth-order valence-electron chi connectivity index (χ4n) is 4.95. The fraction of sp³-hybridized carbons (Fsp3) is 0.667. The summed E-state index contributed by atoms with van der Waals surface area (Å²) < 4.78 is 40.0. The van der Waals surface area contributed by atoms with Crippen LogP contribution in [-0.2, 0) is 11.0 Å². The number of rotatable bonds is 3. The third-order valence-corrected chi connectivity index (χ3v) is 6.49. The summed E-state index contributed by atoms with van der Waals surface area (Å²) in [4.78, 5) is 16.1. The van der Waals surface area contributed by atoms with Crippen LogP contribution in [0.25, 0.3) is 0 Å². The average molecular weight is 395 g/mol. The summed E-state index contributed by atoms with van der Waals surface area (Å²) in [5.74, 6) is 0.532. The second kappa shape index (κ2) is 7.93. The number of nitrogens with zero attached hydrogens (tertiary/aromatic N) is 2. The smallest absolute Gasteiger partial charge is 0.371 e. The maximum absolute atomic E-state index is 13.3. The van der Waals surface area contributed by atoms with Crippen LogP contribution in [-0.4, -0.2) is 49.6 Å². The van der Waals surface area contributed by atoms with E-state index in [1.807, 2.05) is 4.90 Å². The molecule has 0 atom stereocenters. The zero-order valence-electron chi connectivity index (χ0n) is 16.1. The van der Waals surface area contributed by atoms with E-state index in [9.17, 15) is 18.0 Å². The normalized spacial score (nSPS) is 22.9. The number of amides is 1. The first-order chi connectivity index (χ1) is 13.4. The van der Waals surface area contributed by atoms with E-state index in [0.717, 1.165) is 63.0 Å². The predicted octanol–water partition coefficient (Wildman–Crippen LogP) is 3.76. The van der Waals surface area contributed by atoms with Gasteiger partial charge in [-0.3, -0.25) is 4.79 Å². The molecule has 1 aromatic rings. The molecule has 3 fully saturated rings. The first-order valence-electron chi connectivity index (χ1n) is 10.4.